The maximum absolute atomic E-state index is 13.3. The molecular formula is C68H86Cl2N4O10S2. The van der Waals surface area contributed by atoms with Gasteiger partial charge in [0.25, 0.3) is 11.8 Å². The number of aliphatic hydroxyl groups excluding tert-OH is 2. The minimum atomic E-state index is -3.86. The SMILES string of the molecule is C=C[C@@H](C)[C@@H](C)CS(=O)(=O)NC(=O)c1ccc2c(c1)N(C[C@@H]1CC[C@H]1[C@@H](O)C=C)C[C@@]1(CCCc3cc(Cl)ccc31)CO2.C=C[C@H](C)[C@H](C)CS(=O)(=O)NC(=O)c1ccc2c(c1)N(C[C@@H]1CC[C@H]1[C@@H](O)C=C)C[C@@]1(CCCc3cc(Cl)ccc31)CO2. The van der Waals surface area contributed by atoms with Crippen molar-refractivity contribution >= 4 is 66.4 Å². The van der Waals surface area contributed by atoms with Crippen LogP contribution in [0.4, 0.5) is 11.4 Å². The second kappa shape index (κ2) is 27.0. The number of nitrogens with zero attached hydrogens (tertiary/aromatic N) is 2. The number of carbonyl (C=O) groups excluding carboxylic acids is 2. The molecule has 2 amide bonds. The van der Waals surface area contributed by atoms with E-state index in [0.29, 0.717) is 50.9 Å². The van der Waals surface area contributed by atoms with Gasteiger partial charge >= 0.3 is 0 Å². The van der Waals surface area contributed by atoms with Crippen molar-refractivity contribution in [3.63, 3.8) is 0 Å². The molecule has 464 valence electrons. The summed E-state index contributed by atoms with van der Waals surface area (Å²) in [7, 11) is -7.72. The number of aryl methyl sites for hydroxylation is 2. The van der Waals surface area contributed by atoms with Crippen molar-refractivity contribution in [3.8, 4) is 11.5 Å². The van der Waals surface area contributed by atoms with E-state index in [-0.39, 0.29) is 80.8 Å². The second-order valence-electron chi connectivity index (χ2n) is 25.6. The first-order valence-corrected chi connectivity index (χ1v) is 34.5. The average molecular weight is 1250 g/mol. The molecule has 0 bridgehead atoms. The summed E-state index contributed by atoms with van der Waals surface area (Å²) in [6.45, 7) is 26.2. The first-order chi connectivity index (χ1) is 40.9. The zero-order valence-electron chi connectivity index (χ0n) is 50.2. The normalized spacial score (nSPS) is 25.2. The lowest BCUT2D eigenvalue weighted by atomic mass is 9.68. The highest BCUT2D eigenvalue weighted by Crippen LogP contribution is 2.49. The molecule has 4 aromatic rings. The fraction of sp³-hybridized carbons (Fsp3) is 0.500. The fourth-order valence-corrected chi connectivity index (χ4v) is 17.3. The number of allylic oxidation sites excluding steroid dienone is 2. The monoisotopic (exact) mass is 1250 g/mol. The Morgan fingerprint density at radius 1 is 0.605 bits per heavy atom. The third-order valence-electron chi connectivity index (χ3n) is 19.8. The highest BCUT2D eigenvalue weighted by molar-refractivity contribution is 7.90. The van der Waals surface area contributed by atoms with Crippen molar-refractivity contribution in [3.05, 3.63) is 167 Å². The van der Waals surface area contributed by atoms with Gasteiger partial charge in [-0.3, -0.25) is 9.59 Å². The van der Waals surface area contributed by atoms with Crippen molar-refractivity contribution in [1.82, 2.24) is 9.44 Å². The summed E-state index contributed by atoms with van der Waals surface area (Å²) in [6, 6.07) is 22.5. The van der Waals surface area contributed by atoms with E-state index in [0.717, 1.165) is 85.6 Å². The van der Waals surface area contributed by atoms with Crippen molar-refractivity contribution in [1.29, 1.82) is 0 Å². The van der Waals surface area contributed by atoms with Crippen LogP contribution in [-0.4, -0.2) is 102 Å². The summed E-state index contributed by atoms with van der Waals surface area (Å²) in [5.41, 5.74) is 6.42. The third kappa shape index (κ3) is 14.4. The van der Waals surface area contributed by atoms with E-state index in [2.05, 4.69) is 69.8 Å². The van der Waals surface area contributed by atoms with E-state index >= 15 is 0 Å². The van der Waals surface area contributed by atoms with Crippen LogP contribution in [0.3, 0.4) is 0 Å². The molecule has 2 fully saturated rings. The Bertz CT molecular complexity index is 3210. The van der Waals surface area contributed by atoms with Gasteiger partial charge in [-0.05, 0) is 194 Å². The van der Waals surface area contributed by atoms with Crippen LogP contribution in [0.5, 0.6) is 11.5 Å². The number of fused-ring (bicyclic) bond motifs is 6. The maximum Gasteiger partial charge on any atom is 0.264 e. The van der Waals surface area contributed by atoms with Crippen LogP contribution in [0.15, 0.2) is 123 Å². The Hall–Kier alpha value is -5.62. The van der Waals surface area contributed by atoms with Crippen molar-refractivity contribution < 1.29 is 46.1 Å². The lowest BCUT2D eigenvalue weighted by Crippen LogP contribution is -2.49. The predicted molar refractivity (Wildman–Crippen MR) is 345 cm³/mol. The van der Waals surface area contributed by atoms with Crippen LogP contribution in [0, 0.1) is 47.3 Å². The molecule has 86 heavy (non-hydrogen) atoms. The molecule has 4 aromatic carbocycles. The van der Waals surface area contributed by atoms with Crippen molar-refractivity contribution in [2.24, 2.45) is 47.3 Å². The molecule has 2 aliphatic heterocycles. The molecular weight excluding hydrogens is 1170 g/mol. The number of rotatable bonds is 20. The summed E-state index contributed by atoms with van der Waals surface area (Å²) in [6.07, 6.45) is 15.2. The molecule has 12 atom stereocenters. The van der Waals surface area contributed by atoms with Gasteiger partial charge in [-0.1, -0.05) is 87.3 Å². The minimum absolute atomic E-state index is 0.00641. The number of ether oxygens (including phenoxy) is 2. The van der Waals surface area contributed by atoms with Gasteiger partial charge in [0.1, 0.15) is 11.5 Å². The van der Waals surface area contributed by atoms with Gasteiger partial charge in [0.15, 0.2) is 0 Å². The van der Waals surface area contributed by atoms with Gasteiger partial charge < -0.3 is 29.5 Å². The molecule has 4 aliphatic carbocycles. The van der Waals surface area contributed by atoms with Gasteiger partial charge in [-0.2, -0.15) is 0 Å². The van der Waals surface area contributed by atoms with Gasteiger partial charge in [-0.25, -0.2) is 26.3 Å². The van der Waals surface area contributed by atoms with Crippen LogP contribution < -0.4 is 28.7 Å². The van der Waals surface area contributed by atoms with Gasteiger partial charge in [-0.15, -0.1) is 26.3 Å². The number of hydrogen-bond donors (Lipinski definition) is 4. The van der Waals surface area contributed by atoms with Gasteiger partial charge in [0, 0.05) is 58.2 Å². The Balaban J connectivity index is 0.000000205. The van der Waals surface area contributed by atoms with Crippen molar-refractivity contribution in [2.45, 2.75) is 115 Å². The molecule has 2 spiro atoms. The number of benzene rings is 4. The summed E-state index contributed by atoms with van der Waals surface area (Å²) in [5, 5.41) is 22.6. The Labute approximate surface area is 520 Å². The topological polar surface area (TPSA) is 192 Å². The van der Waals surface area contributed by atoms with Crippen LogP contribution in [0.2, 0.25) is 10.0 Å². The molecule has 10 rings (SSSR count). The minimum Gasteiger partial charge on any atom is -0.490 e. The molecule has 0 unspecified atom stereocenters. The molecule has 18 heteroatoms. The molecule has 2 heterocycles. The Kier molecular flexibility index (Phi) is 20.4. The molecule has 0 radical (unpaired) electrons. The molecule has 0 saturated heterocycles. The number of sulfonamides is 2. The number of aliphatic hydroxyl groups is 2. The standard InChI is InChI=1S/2C34H43ClN2O5S/c2*1-5-22(3)23(4)19-43(40,41)36-33(39)25-10-14-32-30(17-25)37(18-26-9-12-28(26)31(38)6-2)20-34(21-42-32)15-7-8-24-16-27(35)11-13-29(24)34/h2*5-6,10-11,13-14,16-17,22-23,26,28,31,38H,1-2,7-9,12,15,18-21H2,3-4H3,(H,36,39)/t22-,23+,26+,28-,31+,34+;22-,23+,26-,28+,31-,34-/m10/s1. The van der Waals surface area contributed by atoms with Crippen LogP contribution in [0.25, 0.3) is 0 Å². The summed E-state index contributed by atoms with van der Waals surface area (Å²) >= 11 is 12.8. The number of anilines is 2. The van der Waals surface area contributed by atoms with E-state index in [1.165, 1.54) is 22.3 Å². The molecule has 14 nitrogen and oxygen atoms in total. The quantitative estimate of drug-likeness (QED) is 0.0613. The molecule has 4 N–H and O–H groups in total. The van der Waals surface area contributed by atoms with Gasteiger partial charge in [0.2, 0.25) is 20.0 Å². The van der Waals surface area contributed by atoms with Crippen LogP contribution in [0.1, 0.15) is 122 Å². The van der Waals surface area contributed by atoms with E-state index < -0.39 is 44.1 Å². The van der Waals surface area contributed by atoms with E-state index in [4.69, 9.17) is 32.7 Å². The summed E-state index contributed by atoms with van der Waals surface area (Å²) in [4.78, 5) is 31.2. The number of halogens is 2. The first kappa shape index (κ1) is 64.8. The Morgan fingerprint density at radius 3 is 1.35 bits per heavy atom. The molecule has 2 saturated carbocycles. The fourth-order valence-electron chi connectivity index (χ4n) is 13.9. The van der Waals surface area contributed by atoms with E-state index in [9.17, 15) is 36.6 Å². The summed E-state index contributed by atoms with van der Waals surface area (Å²) in [5.74, 6) is -0.0227. The van der Waals surface area contributed by atoms with Crippen LogP contribution >= 0.6 is 23.2 Å². The van der Waals surface area contributed by atoms with Crippen molar-refractivity contribution in [2.75, 3.05) is 60.7 Å². The highest BCUT2D eigenvalue weighted by atomic mass is 35.5. The van der Waals surface area contributed by atoms with Gasteiger partial charge in [0.05, 0.1) is 48.3 Å². The zero-order valence-corrected chi connectivity index (χ0v) is 53.3. The lowest BCUT2D eigenvalue weighted by Gasteiger charge is -2.45. The largest absolute Gasteiger partial charge is 0.490 e. The van der Waals surface area contributed by atoms with E-state index in [1.54, 1.807) is 60.7 Å². The second-order valence-corrected chi connectivity index (χ2v) is 30.0. The molecule has 0 aromatic heterocycles. The number of nitrogens with one attached hydrogen (secondary N) is 2. The zero-order chi connectivity index (χ0) is 61.9. The Morgan fingerprint density at radius 2 is 1.00 bits per heavy atom. The number of hydrogen-bond acceptors (Lipinski definition) is 12. The average Bonchev–Trinajstić information content (AvgIpc) is 1.81. The number of amides is 2. The summed E-state index contributed by atoms with van der Waals surface area (Å²) < 4.78 is 69.1. The highest BCUT2D eigenvalue weighted by Gasteiger charge is 2.46. The smallest absolute Gasteiger partial charge is 0.264 e. The third-order valence-corrected chi connectivity index (χ3v) is 23.2. The number of carbonyl (C=O) groups is 2. The van der Waals surface area contributed by atoms with Crippen LogP contribution in [-0.2, 0) is 43.7 Å². The first-order valence-electron chi connectivity index (χ1n) is 30.5. The predicted octanol–water partition coefficient (Wildman–Crippen LogP) is 11.8. The lowest BCUT2D eigenvalue weighted by molar-refractivity contribution is 0.0458. The molecule has 6 aliphatic rings. The van der Waals surface area contributed by atoms with E-state index in [1.807, 2.05) is 39.8 Å². The maximum atomic E-state index is 13.3.